The van der Waals surface area contributed by atoms with Crippen LogP contribution in [0, 0.1) is 5.92 Å². The number of hydrogen-bond donors (Lipinski definition) is 0. The van der Waals surface area contributed by atoms with Crippen molar-refractivity contribution in [3.05, 3.63) is 12.7 Å². The molecule has 0 amide bonds. The van der Waals surface area contributed by atoms with Gasteiger partial charge >= 0.3 is 5.97 Å². The van der Waals surface area contributed by atoms with E-state index in [1.165, 1.54) is 0 Å². The van der Waals surface area contributed by atoms with Crippen molar-refractivity contribution >= 4 is 5.97 Å². The predicted molar refractivity (Wildman–Crippen MR) is 62.3 cm³/mol. The van der Waals surface area contributed by atoms with E-state index in [1.54, 1.807) is 6.08 Å². The predicted octanol–water partition coefficient (Wildman–Crippen LogP) is 2.03. The lowest BCUT2D eigenvalue weighted by molar-refractivity contribution is -0.193. The van der Waals surface area contributed by atoms with E-state index < -0.39 is 17.5 Å². The van der Waals surface area contributed by atoms with Crippen LogP contribution in [-0.4, -0.2) is 29.6 Å². The van der Waals surface area contributed by atoms with E-state index in [2.05, 4.69) is 6.58 Å². The van der Waals surface area contributed by atoms with Crippen LogP contribution in [0.3, 0.4) is 0 Å². The Bertz CT molecular complexity index is 349. The number of esters is 1. The third-order valence-electron chi connectivity index (χ3n) is 3.70. The molecule has 0 radical (unpaired) electrons. The number of rotatable bonds is 2. The van der Waals surface area contributed by atoms with E-state index in [-0.39, 0.29) is 18.0 Å². The summed E-state index contributed by atoms with van der Waals surface area (Å²) in [7, 11) is 0. The summed E-state index contributed by atoms with van der Waals surface area (Å²) < 4.78 is 16.9. The first-order chi connectivity index (χ1) is 7.79. The summed E-state index contributed by atoms with van der Waals surface area (Å²) in [5.74, 6) is -0.977. The Morgan fingerprint density at radius 1 is 1.35 bits per heavy atom. The highest BCUT2D eigenvalue weighted by Gasteiger charge is 2.57. The SMILES string of the molecule is C=CC[C@]1(C)OC(=O)[C@@H]2OC(C)(C)O[C@@H]2[C@H]1C. The van der Waals surface area contributed by atoms with Crippen LogP contribution in [0.15, 0.2) is 12.7 Å². The van der Waals surface area contributed by atoms with Crippen LogP contribution in [0.5, 0.6) is 0 Å². The zero-order valence-corrected chi connectivity index (χ0v) is 10.9. The fourth-order valence-electron chi connectivity index (χ4n) is 2.58. The molecule has 0 aromatic heterocycles. The monoisotopic (exact) mass is 240 g/mol. The molecule has 2 aliphatic heterocycles. The molecule has 2 aliphatic rings. The largest absolute Gasteiger partial charge is 0.457 e. The van der Waals surface area contributed by atoms with E-state index in [9.17, 15) is 4.79 Å². The van der Waals surface area contributed by atoms with Crippen molar-refractivity contribution in [3.63, 3.8) is 0 Å². The lowest BCUT2D eigenvalue weighted by Crippen LogP contribution is -2.55. The van der Waals surface area contributed by atoms with Gasteiger partial charge in [0.1, 0.15) is 11.7 Å². The van der Waals surface area contributed by atoms with Crippen LogP contribution in [0.1, 0.15) is 34.1 Å². The fraction of sp³-hybridized carbons (Fsp3) is 0.769. The first-order valence-corrected chi connectivity index (χ1v) is 5.98. The molecule has 0 N–H and O–H groups in total. The van der Waals surface area contributed by atoms with Crippen molar-refractivity contribution in [3.8, 4) is 0 Å². The number of ether oxygens (including phenoxy) is 3. The molecule has 4 atom stereocenters. The van der Waals surface area contributed by atoms with E-state index in [0.29, 0.717) is 6.42 Å². The topological polar surface area (TPSA) is 44.8 Å². The van der Waals surface area contributed by atoms with Gasteiger partial charge in [0.05, 0.1) is 0 Å². The highest BCUT2D eigenvalue weighted by atomic mass is 16.8. The molecule has 17 heavy (non-hydrogen) atoms. The Hall–Kier alpha value is -0.870. The molecule has 2 saturated heterocycles. The second kappa shape index (κ2) is 3.82. The van der Waals surface area contributed by atoms with Gasteiger partial charge in [-0.3, -0.25) is 0 Å². The number of hydrogen-bond acceptors (Lipinski definition) is 4. The Morgan fingerprint density at radius 3 is 2.59 bits per heavy atom. The molecule has 2 rings (SSSR count). The van der Waals surface area contributed by atoms with Crippen LogP contribution in [0.2, 0.25) is 0 Å². The molecule has 0 aliphatic carbocycles. The fourth-order valence-corrected chi connectivity index (χ4v) is 2.58. The standard InChI is InChI=1S/C13H20O4/c1-6-7-13(5)8(2)9-10(11(14)17-13)16-12(3,4)15-9/h6,8-10H,1,7H2,2-5H3/t8-,9-,10-,13+/m1/s1. The molecule has 4 heteroatoms. The number of cyclic esters (lactones) is 1. The lowest BCUT2D eigenvalue weighted by Gasteiger charge is -2.42. The number of carbonyl (C=O) groups is 1. The summed E-state index contributed by atoms with van der Waals surface area (Å²) in [6, 6.07) is 0. The molecule has 0 aromatic carbocycles. The van der Waals surface area contributed by atoms with E-state index in [0.717, 1.165) is 0 Å². The van der Waals surface area contributed by atoms with Crippen LogP contribution < -0.4 is 0 Å². The minimum Gasteiger partial charge on any atom is -0.457 e. The maximum atomic E-state index is 11.9. The van der Waals surface area contributed by atoms with Gasteiger partial charge in [0.15, 0.2) is 11.9 Å². The second-order valence-corrected chi connectivity index (χ2v) is 5.54. The van der Waals surface area contributed by atoms with Crippen molar-refractivity contribution < 1.29 is 19.0 Å². The maximum Gasteiger partial charge on any atom is 0.338 e. The molecule has 0 aromatic rings. The van der Waals surface area contributed by atoms with Crippen LogP contribution in [-0.2, 0) is 19.0 Å². The molecular formula is C13H20O4. The summed E-state index contributed by atoms with van der Waals surface area (Å²) in [4.78, 5) is 11.9. The minimum absolute atomic E-state index is 0.0741. The average molecular weight is 240 g/mol. The summed E-state index contributed by atoms with van der Waals surface area (Å²) in [6.45, 7) is 11.3. The van der Waals surface area contributed by atoms with Crippen LogP contribution in [0.4, 0.5) is 0 Å². The molecule has 0 bridgehead atoms. The van der Waals surface area contributed by atoms with Crippen molar-refractivity contribution in [2.45, 2.75) is 57.7 Å². The number of fused-ring (bicyclic) bond motifs is 1. The zero-order valence-electron chi connectivity index (χ0n) is 10.9. The molecule has 2 fully saturated rings. The summed E-state index contributed by atoms with van der Waals surface area (Å²) in [6.07, 6.45) is 1.55. The third kappa shape index (κ3) is 2.00. The number of carbonyl (C=O) groups excluding carboxylic acids is 1. The molecule has 96 valence electrons. The average Bonchev–Trinajstić information content (AvgIpc) is 2.52. The van der Waals surface area contributed by atoms with E-state index in [1.807, 2.05) is 27.7 Å². The van der Waals surface area contributed by atoms with Crippen molar-refractivity contribution in [1.29, 1.82) is 0 Å². The minimum atomic E-state index is -0.720. The van der Waals surface area contributed by atoms with Gasteiger partial charge in [0, 0.05) is 12.3 Å². The van der Waals surface area contributed by atoms with Gasteiger partial charge < -0.3 is 14.2 Å². The van der Waals surface area contributed by atoms with Gasteiger partial charge in [-0.1, -0.05) is 13.0 Å². The Balaban J connectivity index is 2.27. The van der Waals surface area contributed by atoms with Gasteiger partial charge in [-0.25, -0.2) is 4.79 Å². The highest BCUT2D eigenvalue weighted by molar-refractivity contribution is 5.77. The molecular weight excluding hydrogens is 220 g/mol. The Kier molecular flexibility index (Phi) is 2.83. The second-order valence-electron chi connectivity index (χ2n) is 5.54. The third-order valence-corrected chi connectivity index (χ3v) is 3.70. The Labute approximate surface area is 102 Å². The van der Waals surface area contributed by atoms with Gasteiger partial charge in [-0.05, 0) is 20.8 Å². The normalized spacial score (nSPS) is 44.0. The van der Waals surface area contributed by atoms with Crippen molar-refractivity contribution in [2.24, 2.45) is 5.92 Å². The molecule has 0 spiro atoms. The van der Waals surface area contributed by atoms with Crippen molar-refractivity contribution in [1.82, 2.24) is 0 Å². The quantitative estimate of drug-likeness (QED) is 0.547. The van der Waals surface area contributed by atoms with E-state index in [4.69, 9.17) is 14.2 Å². The van der Waals surface area contributed by atoms with Crippen LogP contribution >= 0.6 is 0 Å². The molecule has 0 unspecified atom stereocenters. The molecule has 2 heterocycles. The first kappa shape index (κ1) is 12.6. The highest BCUT2D eigenvalue weighted by Crippen LogP contribution is 2.43. The maximum absolute atomic E-state index is 11.9. The summed E-state index contributed by atoms with van der Waals surface area (Å²) in [5, 5.41) is 0. The van der Waals surface area contributed by atoms with Crippen molar-refractivity contribution in [2.75, 3.05) is 0 Å². The van der Waals surface area contributed by atoms with Gasteiger partial charge in [0.2, 0.25) is 0 Å². The lowest BCUT2D eigenvalue weighted by atomic mass is 9.79. The molecule has 0 saturated carbocycles. The zero-order chi connectivity index (χ0) is 12.8. The summed E-state index contributed by atoms with van der Waals surface area (Å²) >= 11 is 0. The van der Waals surface area contributed by atoms with Gasteiger partial charge in [0.25, 0.3) is 0 Å². The van der Waals surface area contributed by atoms with Crippen LogP contribution in [0.25, 0.3) is 0 Å². The Morgan fingerprint density at radius 2 is 2.00 bits per heavy atom. The summed E-state index contributed by atoms with van der Waals surface area (Å²) in [5.41, 5.74) is -0.552. The van der Waals surface area contributed by atoms with Gasteiger partial charge in [-0.15, -0.1) is 6.58 Å². The van der Waals surface area contributed by atoms with E-state index >= 15 is 0 Å². The first-order valence-electron chi connectivity index (χ1n) is 5.98. The smallest absolute Gasteiger partial charge is 0.338 e. The molecule has 4 nitrogen and oxygen atoms in total. The van der Waals surface area contributed by atoms with Gasteiger partial charge in [-0.2, -0.15) is 0 Å².